The highest BCUT2D eigenvalue weighted by molar-refractivity contribution is 5.60. The van der Waals surface area contributed by atoms with Crippen molar-refractivity contribution in [3.05, 3.63) is 22.3 Å². The number of hydrogen-bond donors (Lipinski definition) is 1. The highest BCUT2D eigenvalue weighted by atomic mass is 16.6. The zero-order valence-electron chi connectivity index (χ0n) is 23.8. The summed E-state index contributed by atoms with van der Waals surface area (Å²) in [5.41, 5.74) is 4.07. The highest BCUT2D eigenvalue weighted by Crippen LogP contribution is 2.54. The van der Waals surface area contributed by atoms with E-state index < -0.39 is 6.29 Å². The maximum absolute atomic E-state index is 10.6. The second kappa shape index (κ2) is 12.3. The van der Waals surface area contributed by atoms with Gasteiger partial charge in [-0.3, -0.25) is 0 Å². The molecular formula is C31H52O4. The van der Waals surface area contributed by atoms with Crippen molar-refractivity contribution in [2.45, 2.75) is 137 Å². The molecule has 3 rings (SSSR count). The van der Waals surface area contributed by atoms with Gasteiger partial charge in [0.05, 0.1) is 13.2 Å². The molecule has 0 aliphatic carbocycles. The molecule has 1 aromatic rings. The summed E-state index contributed by atoms with van der Waals surface area (Å²) in [7, 11) is 1.72. The molecule has 2 bridgehead atoms. The first-order chi connectivity index (χ1) is 16.6. The Labute approximate surface area is 215 Å². The first-order valence-corrected chi connectivity index (χ1v) is 14.3. The predicted octanol–water partition coefficient (Wildman–Crippen LogP) is 8.36. The van der Waals surface area contributed by atoms with Gasteiger partial charge >= 0.3 is 0 Å². The summed E-state index contributed by atoms with van der Waals surface area (Å²) in [6.45, 7) is 15.8. The van der Waals surface area contributed by atoms with Crippen LogP contribution in [0, 0.1) is 38.5 Å². The number of aliphatic hydroxyl groups excluding tert-OH is 1. The minimum atomic E-state index is -0.775. The van der Waals surface area contributed by atoms with E-state index in [1.54, 1.807) is 7.11 Å². The fraction of sp³-hybridized carbons (Fsp3) is 0.806. The van der Waals surface area contributed by atoms with Gasteiger partial charge in [-0.1, -0.05) is 72.6 Å². The van der Waals surface area contributed by atoms with E-state index in [1.165, 1.54) is 44.9 Å². The Hall–Kier alpha value is -1.26. The maximum atomic E-state index is 10.6. The summed E-state index contributed by atoms with van der Waals surface area (Å²) in [5.74, 6) is 4.29. The van der Waals surface area contributed by atoms with Gasteiger partial charge in [0.2, 0.25) is 0 Å². The van der Waals surface area contributed by atoms with E-state index in [9.17, 15) is 5.11 Å². The van der Waals surface area contributed by atoms with Gasteiger partial charge in [-0.2, -0.15) is 0 Å². The molecule has 4 nitrogen and oxygen atoms in total. The standard InChI is InChI=1S/C31H52O4/c1-20(2)12-9-13-21(3)14-10-15-22(4)16-11-17-31-18-26(34-27(32)19-31)28-25(7)29(33-8)23(5)24(6)30(28)35-31/h20-22,26-27,32H,9-19H2,1-8H3/t21-,22-,26+,27?,31+/m1/s1. The minimum Gasteiger partial charge on any atom is -0.496 e. The predicted molar refractivity (Wildman–Crippen MR) is 144 cm³/mol. The zero-order chi connectivity index (χ0) is 25.8. The Morgan fingerprint density at radius 2 is 1.46 bits per heavy atom. The van der Waals surface area contributed by atoms with E-state index >= 15 is 0 Å². The van der Waals surface area contributed by atoms with Crippen LogP contribution < -0.4 is 9.47 Å². The third-order valence-corrected chi connectivity index (χ3v) is 8.70. The topological polar surface area (TPSA) is 47.9 Å². The normalized spacial score (nSPS) is 25.2. The summed E-state index contributed by atoms with van der Waals surface area (Å²) < 4.78 is 18.6. The van der Waals surface area contributed by atoms with Crippen LogP contribution in [0.5, 0.6) is 11.5 Å². The Bertz CT molecular complexity index is 832. The average molecular weight is 489 g/mol. The van der Waals surface area contributed by atoms with E-state index in [4.69, 9.17) is 14.2 Å². The molecule has 5 atom stereocenters. The fourth-order valence-corrected chi connectivity index (χ4v) is 6.44. The van der Waals surface area contributed by atoms with Gasteiger partial charge in [-0.25, -0.2) is 0 Å². The summed E-state index contributed by atoms with van der Waals surface area (Å²) in [6, 6.07) is 0. The zero-order valence-corrected chi connectivity index (χ0v) is 23.8. The van der Waals surface area contributed by atoms with Crippen LogP contribution in [-0.2, 0) is 4.74 Å². The molecule has 1 unspecified atom stereocenters. The molecule has 2 heterocycles. The number of benzene rings is 1. The summed E-state index contributed by atoms with van der Waals surface area (Å²) in [5, 5.41) is 10.6. The third kappa shape index (κ3) is 6.95. The van der Waals surface area contributed by atoms with Gasteiger partial charge in [0.15, 0.2) is 6.29 Å². The van der Waals surface area contributed by atoms with Crippen LogP contribution in [0.2, 0.25) is 0 Å². The lowest BCUT2D eigenvalue weighted by atomic mass is 9.77. The largest absolute Gasteiger partial charge is 0.496 e. The SMILES string of the molecule is COc1c(C)c(C)c2c(c1C)[C@@H]1C[C@@](CCC[C@H](C)CCC[C@H](C)CCCC(C)C)(CC(O)O1)O2. The van der Waals surface area contributed by atoms with Crippen LogP contribution in [-0.4, -0.2) is 24.1 Å². The first-order valence-electron chi connectivity index (χ1n) is 14.3. The molecule has 0 spiro atoms. The van der Waals surface area contributed by atoms with Crippen molar-refractivity contribution in [3.63, 3.8) is 0 Å². The van der Waals surface area contributed by atoms with Crippen LogP contribution in [0.15, 0.2) is 0 Å². The molecule has 35 heavy (non-hydrogen) atoms. The minimum absolute atomic E-state index is 0.134. The number of fused-ring (bicyclic) bond motifs is 4. The number of hydrogen-bond acceptors (Lipinski definition) is 4. The highest BCUT2D eigenvalue weighted by Gasteiger charge is 2.49. The van der Waals surface area contributed by atoms with Crippen LogP contribution in [0.1, 0.15) is 127 Å². The summed E-state index contributed by atoms with van der Waals surface area (Å²) >= 11 is 0. The van der Waals surface area contributed by atoms with Crippen molar-refractivity contribution in [1.82, 2.24) is 0 Å². The lowest BCUT2D eigenvalue weighted by Crippen LogP contribution is -2.49. The molecule has 1 aromatic carbocycles. The molecule has 0 aromatic heterocycles. The monoisotopic (exact) mass is 488 g/mol. The van der Waals surface area contributed by atoms with Crippen molar-refractivity contribution in [3.8, 4) is 11.5 Å². The van der Waals surface area contributed by atoms with Gasteiger partial charge < -0.3 is 19.3 Å². The molecule has 0 radical (unpaired) electrons. The Kier molecular flexibility index (Phi) is 9.97. The molecule has 200 valence electrons. The number of ether oxygens (including phenoxy) is 3. The molecule has 1 N–H and O–H groups in total. The Morgan fingerprint density at radius 1 is 0.857 bits per heavy atom. The van der Waals surface area contributed by atoms with Gasteiger partial charge in [0.1, 0.15) is 17.1 Å². The number of aliphatic hydroxyl groups is 1. The van der Waals surface area contributed by atoms with Crippen LogP contribution in [0.3, 0.4) is 0 Å². The van der Waals surface area contributed by atoms with E-state index in [2.05, 4.69) is 48.5 Å². The van der Waals surface area contributed by atoms with Gasteiger partial charge in [0.25, 0.3) is 0 Å². The fourth-order valence-electron chi connectivity index (χ4n) is 6.44. The molecule has 0 saturated carbocycles. The molecule has 1 fully saturated rings. The van der Waals surface area contributed by atoms with Crippen LogP contribution in [0.25, 0.3) is 0 Å². The Morgan fingerprint density at radius 3 is 2.06 bits per heavy atom. The van der Waals surface area contributed by atoms with E-state index in [0.717, 1.165) is 70.8 Å². The maximum Gasteiger partial charge on any atom is 0.159 e. The van der Waals surface area contributed by atoms with Crippen molar-refractivity contribution >= 4 is 0 Å². The van der Waals surface area contributed by atoms with E-state index in [-0.39, 0.29) is 11.7 Å². The molecule has 2 aliphatic heterocycles. The molecule has 1 saturated heterocycles. The van der Waals surface area contributed by atoms with Crippen molar-refractivity contribution in [2.75, 3.05) is 7.11 Å². The smallest absolute Gasteiger partial charge is 0.159 e. The summed E-state index contributed by atoms with van der Waals surface area (Å²) in [4.78, 5) is 0. The molecule has 4 heteroatoms. The number of rotatable bonds is 13. The quantitative estimate of drug-likeness (QED) is 0.303. The van der Waals surface area contributed by atoms with Gasteiger partial charge in [-0.05, 0) is 62.5 Å². The second-order valence-electron chi connectivity index (χ2n) is 12.3. The van der Waals surface area contributed by atoms with Crippen molar-refractivity contribution < 1.29 is 19.3 Å². The summed E-state index contributed by atoms with van der Waals surface area (Å²) in [6.07, 6.45) is 11.9. The lowest BCUT2D eigenvalue weighted by molar-refractivity contribution is -0.226. The first kappa shape index (κ1) is 28.3. The van der Waals surface area contributed by atoms with Gasteiger partial charge in [0, 0.05) is 24.0 Å². The lowest BCUT2D eigenvalue weighted by Gasteiger charge is -2.49. The van der Waals surface area contributed by atoms with Gasteiger partial charge in [-0.15, -0.1) is 0 Å². The average Bonchev–Trinajstić information content (AvgIpc) is 2.77. The van der Waals surface area contributed by atoms with E-state index in [0.29, 0.717) is 6.42 Å². The second-order valence-corrected chi connectivity index (χ2v) is 12.3. The Balaban J connectivity index is 1.54. The molecular weight excluding hydrogens is 436 g/mol. The van der Waals surface area contributed by atoms with Crippen molar-refractivity contribution in [1.29, 1.82) is 0 Å². The molecule has 0 amide bonds. The van der Waals surface area contributed by atoms with Crippen molar-refractivity contribution in [2.24, 2.45) is 17.8 Å². The molecule has 2 aliphatic rings. The van der Waals surface area contributed by atoms with Crippen LogP contribution in [0.4, 0.5) is 0 Å². The van der Waals surface area contributed by atoms with Crippen LogP contribution >= 0.6 is 0 Å². The third-order valence-electron chi connectivity index (χ3n) is 8.70. The number of methoxy groups -OCH3 is 1. The van der Waals surface area contributed by atoms with E-state index in [1.807, 2.05) is 0 Å².